The van der Waals surface area contributed by atoms with Crippen molar-refractivity contribution in [1.82, 2.24) is 4.90 Å². The van der Waals surface area contributed by atoms with Crippen LogP contribution >= 0.6 is 0 Å². The van der Waals surface area contributed by atoms with E-state index in [0.717, 1.165) is 49.0 Å². The monoisotopic (exact) mass is 562 g/mol. The van der Waals surface area contributed by atoms with Crippen molar-refractivity contribution in [2.75, 3.05) is 18.0 Å². The maximum absolute atomic E-state index is 13.3. The van der Waals surface area contributed by atoms with E-state index in [4.69, 9.17) is 14.9 Å². The van der Waals surface area contributed by atoms with Gasteiger partial charge in [-0.05, 0) is 68.1 Å². The zero-order valence-electron chi connectivity index (χ0n) is 24.0. The molecule has 1 spiro atoms. The Bertz CT molecular complexity index is 1170. The number of hydrogen-bond acceptors (Lipinski definition) is 5. The van der Waals surface area contributed by atoms with Crippen LogP contribution in [0, 0.1) is 11.8 Å². The molecule has 1 unspecified atom stereocenters. The number of piperidine rings is 1. The van der Waals surface area contributed by atoms with Crippen molar-refractivity contribution in [1.29, 1.82) is 0 Å². The van der Waals surface area contributed by atoms with Crippen molar-refractivity contribution in [3.8, 4) is 0 Å². The fourth-order valence-electron chi connectivity index (χ4n) is 6.60. The van der Waals surface area contributed by atoms with Crippen LogP contribution in [0.3, 0.4) is 0 Å². The summed E-state index contributed by atoms with van der Waals surface area (Å²) in [5.41, 5.74) is 1.91. The van der Waals surface area contributed by atoms with Gasteiger partial charge in [-0.15, -0.1) is 0 Å². The third-order valence-corrected chi connectivity index (χ3v) is 8.88. The highest BCUT2D eigenvalue weighted by molar-refractivity contribution is 6.06. The van der Waals surface area contributed by atoms with Crippen molar-refractivity contribution < 1.29 is 29.3 Å². The number of β-lactam (4-membered cyclic amide) rings is 1. The second-order valence-corrected chi connectivity index (χ2v) is 11.6. The van der Waals surface area contributed by atoms with Crippen LogP contribution in [0.15, 0.2) is 72.8 Å². The van der Waals surface area contributed by atoms with E-state index in [-0.39, 0.29) is 17.6 Å². The Kier molecular flexibility index (Phi) is 10.3. The summed E-state index contributed by atoms with van der Waals surface area (Å²) in [5.74, 6) is -0.702. The Morgan fingerprint density at radius 1 is 0.902 bits per heavy atom. The number of likely N-dealkylation sites (tertiary alicyclic amines) is 1. The zero-order chi connectivity index (χ0) is 29.4. The van der Waals surface area contributed by atoms with Gasteiger partial charge in [0.2, 0.25) is 0 Å². The SMILES string of the molecule is CC(C)C1CCC(N2CCC3(CC2)C(OCc2ccccc2)C(=O)N3c2ccccc2)CC1.O=C(O)/C=C/C(=O)O. The number of carbonyl (C=O) groups excluding carboxylic acids is 1. The lowest BCUT2D eigenvalue weighted by atomic mass is 9.71. The number of aliphatic carboxylic acids is 2. The number of benzene rings is 2. The lowest BCUT2D eigenvalue weighted by Crippen LogP contribution is -2.78. The van der Waals surface area contributed by atoms with E-state index in [2.05, 4.69) is 47.9 Å². The van der Waals surface area contributed by atoms with Crippen LogP contribution in [0.1, 0.15) is 57.9 Å². The summed E-state index contributed by atoms with van der Waals surface area (Å²) in [6.45, 7) is 7.34. The number of nitrogens with zero attached hydrogens (tertiary/aromatic N) is 2. The van der Waals surface area contributed by atoms with E-state index in [0.29, 0.717) is 24.8 Å². The van der Waals surface area contributed by atoms with Crippen molar-refractivity contribution >= 4 is 23.5 Å². The first-order valence-corrected chi connectivity index (χ1v) is 14.6. The Hall–Kier alpha value is -3.49. The molecule has 0 radical (unpaired) electrons. The molecule has 8 nitrogen and oxygen atoms in total. The van der Waals surface area contributed by atoms with Crippen molar-refractivity contribution in [2.45, 2.75) is 76.7 Å². The second-order valence-electron chi connectivity index (χ2n) is 11.6. The van der Waals surface area contributed by atoms with Crippen molar-refractivity contribution in [3.63, 3.8) is 0 Å². The fraction of sp³-hybridized carbons (Fsp3) is 0.485. The number of amides is 1. The van der Waals surface area contributed by atoms with Crippen molar-refractivity contribution in [3.05, 3.63) is 78.4 Å². The molecule has 8 heteroatoms. The van der Waals surface area contributed by atoms with Crippen LogP contribution in [0.4, 0.5) is 5.69 Å². The van der Waals surface area contributed by atoms with E-state index in [1.165, 1.54) is 25.7 Å². The van der Waals surface area contributed by atoms with E-state index in [1.54, 1.807) is 0 Å². The van der Waals surface area contributed by atoms with Gasteiger partial charge in [-0.25, -0.2) is 9.59 Å². The molecule has 1 atom stereocenters. The standard InChI is InChI=1S/C29H38N2O2.C4H4O4/c1-22(2)24-13-15-25(16-14-24)30-19-17-29(18-20-30)27(33-21-23-9-5-3-6-10-23)28(32)31(29)26-11-7-4-8-12-26;5-3(6)1-2-4(7)8/h3-12,22,24-25,27H,13-21H2,1-2H3;1-2H,(H,5,6)(H,7,8)/b;2-1+. The van der Waals surface area contributed by atoms with E-state index in [1.807, 2.05) is 36.4 Å². The summed E-state index contributed by atoms with van der Waals surface area (Å²) in [6, 6.07) is 21.1. The predicted octanol–water partition coefficient (Wildman–Crippen LogP) is 5.38. The molecule has 2 N–H and O–H groups in total. The number of carbonyl (C=O) groups is 3. The average Bonchev–Trinajstić information content (AvgIpc) is 2.98. The molecule has 2 aromatic carbocycles. The van der Waals surface area contributed by atoms with Gasteiger partial charge in [-0.3, -0.25) is 4.79 Å². The minimum atomic E-state index is -1.26. The first kappa shape index (κ1) is 30.5. The number of anilines is 1. The molecule has 2 aliphatic heterocycles. The highest BCUT2D eigenvalue weighted by atomic mass is 16.5. The van der Waals surface area contributed by atoms with Crippen molar-refractivity contribution in [2.24, 2.45) is 11.8 Å². The van der Waals surface area contributed by atoms with E-state index in [9.17, 15) is 14.4 Å². The van der Waals surface area contributed by atoms with Crippen LogP contribution in [0.5, 0.6) is 0 Å². The minimum Gasteiger partial charge on any atom is -0.478 e. The van der Waals surface area contributed by atoms with Gasteiger partial charge in [0, 0.05) is 37.0 Å². The molecule has 3 fully saturated rings. The molecule has 1 amide bonds. The second kappa shape index (κ2) is 13.9. The number of ether oxygens (including phenoxy) is 1. The normalized spacial score (nSPS) is 24.1. The lowest BCUT2D eigenvalue weighted by Gasteiger charge is -2.60. The average molecular weight is 563 g/mol. The van der Waals surface area contributed by atoms with Gasteiger partial charge in [0.25, 0.3) is 5.91 Å². The van der Waals surface area contributed by atoms with Crippen LogP contribution < -0.4 is 4.90 Å². The molecule has 5 rings (SSSR count). The molecule has 2 saturated heterocycles. The lowest BCUT2D eigenvalue weighted by molar-refractivity contribution is -0.157. The van der Waals surface area contributed by atoms with Gasteiger partial charge in [-0.1, -0.05) is 62.4 Å². The summed E-state index contributed by atoms with van der Waals surface area (Å²) in [7, 11) is 0. The minimum absolute atomic E-state index is 0.114. The fourth-order valence-corrected chi connectivity index (χ4v) is 6.60. The summed E-state index contributed by atoms with van der Waals surface area (Å²) < 4.78 is 6.33. The zero-order valence-corrected chi connectivity index (χ0v) is 24.0. The molecule has 2 heterocycles. The molecular weight excluding hydrogens is 520 g/mol. The molecule has 0 aromatic heterocycles. The van der Waals surface area contributed by atoms with Gasteiger partial charge in [0.1, 0.15) is 0 Å². The van der Waals surface area contributed by atoms with Gasteiger partial charge in [-0.2, -0.15) is 0 Å². The molecule has 0 bridgehead atoms. The molecule has 1 aliphatic carbocycles. The summed E-state index contributed by atoms with van der Waals surface area (Å²) in [5, 5.41) is 15.6. The topological polar surface area (TPSA) is 107 Å². The predicted molar refractivity (Wildman–Crippen MR) is 157 cm³/mol. The van der Waals surface area contributed by atoms with Crippen LogP contribution in [0.25, 0.3) is 0 Å². The van der Waals surface area contributed by atoms with Gasteiger partial charge < -0.3 is 24.7 Å². The van der Waals surface area contributed by atoms with Crippen LogP contribution in [0.2, 0.25) is 0 Å². The molecule has 1 saturated carbocycles. The first-order chi connectivity index (χ1) is 19.7. The number of carboxylic acids is 2. The first-order valence-electron chi connectivity index (χ1n) is 14.6. The number of carboxylic acid groups (broad SMARTS) is 2. The number of rotatable bonds is 8. The Labute approximate surface area is 242 Å². The molecular formula is C33H42N2O6. The Morgan fingerprint density at radius 3 is 1.95 bits per heavy atom. The third kappa shape index (κ3) is 7.43. The number of hydrogen-bond donors (Lipinski definition) is 2. The maximum atomic E-state index is 13.3. The maximum Gasteiger partial charge on any atom is 0.328 e. The van der Waals surface area contributed by atoms with Gasteiger partial charge >= 0.3 is 11.9 Å². The largest absolute Gasteiger partial charge is 0.478 e. The van der Waals surface area contributed by atoms with Crippen LogP contribution in [-0.4, -0.2) is 63.7 Å². The van der Waals surface area contributed by atoms with Crippen LogP contribution in [-0.2, 0) is 25.7 Å². The smallest absolute Gasteiger partial charge is 0.328 e. The summed E-state index contributed by atoms with van der Waals surface area (Å²) >= 11 is 0. The third-order valence-electron chi connectivity index (χ3n) is 8.88. The molecule has 41 heavy (non-hydrogen) atoms. The molecule has 2 aromatic rings. The molecule has 220 valence electrons. The quantitative estimate of drug-likeness (QED) is 0.329. The highest BCUT2D eigenvalue weighted by Gasteiger charge is 2.62. The Balaban J connectivity index is 0.000000426. The van der Waals surface area contributed by atoms with E-state index >= 15 is 0 Å². The number of para-hydroxylation sites is 1. The summed E-state index contributed by atoms with van der Waals surface area (Å²) in [4.78, 5) is 37.2. The van der Waals surface area contributed by atoms with E-state index < -0.39 is 11.9 Å². The van der Waals surface area contributed by atoms with Gasteiger partial charge in [0.15, 0.2) is 6.10 Å². The summed E-state index contributed by atoms with van der Waals surface area (Å²) in [6.07, 6.45) is 8.11. The molecule has 3 aliphatic rings. The highest BCUT2D eigenvalue weighted by Crippen LogP contribution is 2.47. The Morgan fingerprint density at radius 2 is 1.44 bits per heavy atom. The van der Waals surface area contributed by atoms with Gasteiger partial charge in [0.05, 0.1) is 12.1 Å².